The van der Waals surface area contributed by atoms with Gasteiger partial charge in [-0.05, 0) is 13.8 Å². The number of rotatable bonds is 2. The Morgan fingerprint density at radius 1 is 1.45 bits per heavy atom. The van der Waals surface area contributed by atoms with Crippen LogP contribution in [0.3, 0.4) is 0 Å². The van der Waals surface area contributed by atoms with Crippen LogP contribution in [0.15, 0.2) is 12.4 Å². The average molecular weight is 153 g/mol. The molecule has 0 bridgehead atoms. The zero-order valence-corrected chi connectivity index (χ0v) is 6.61. The summed E-state index contributed by atoms with van der Waals surface area (Å²) in [5.74, 6) is 0.850. The van der Waals surface area contributed by atoms with Gasteiger partial charge in [-0.1, -0.05) is 0 Å². The third-order valence-corrected chi connectivity index (χ3v) is 0.988. The Bertz CT molecular complexity index is 237. The van der Waals surface area contributed by atoms with Gasteiger partial charge < -0.3 is 10.5 Å². The third-order valence-electron chi connectivity index (χ3n) is 0.988. The molecule has 4 heteroatoms. The first-order chi connectivity index (χ1) is 5.18. The van der Waals surface area contributed by atoms with E-state index in [2.05, 4.69) is 9.97 Å². The fraction of sp³-hybridized carbons (Fsp3) is 0.429. The molecule has 0 spiro atoms. The van der Waals surface area contributed by atoms with Crippen LogP contribution in [-0.2, 0) is 0 Å². The van der Waals surface area contributed by atoms with E-state index >= 15 is 0 Å². The van der Waals surface area contributed by atoms with E-state index in [0.29, 0.717) is 11.7 Å². The van der Waals surface area contributed by atoms with Crippen LogP contribution in [0.4, 0.5) is 5.82 Å². The van der Waals surface area contributed by atoms with Crippen molar-refractivity contribution in [2.24, 2.45) is 0 Å². The summed E-state index contributed by atoms with van der Waals surface area (Å²) in [4.78, 5) is 7.73. The van der Waals surface area contributed by atoms with Crippen LogP contribution < -0.4 is 10.5 Å². The first kappa shape index (κ1) is 7.78. The molecule has 0 unspecified atom stereocenters. The highest BCUT2D eigenvalue weighted by Gasteiger charge is 1.98. The summed E-state index contributed by atoms with van der Waals surface area (Å²) in [5.41, 5.74) is 5.38. The fourth-order valence-corrected chi connectivity index (χ4v) is 0.661. The van der Waals surface area contributed by atoms with E-state index in [1.807, 2.05) is 13.8 Å². The minimum atomic E-state index is 0.103. The molecule has 0 aliphatic rings. The number of ether oxygens (including phenoxy) is 1. The van der Waals surface area contributed by atoms with Crippen LogP contribution in [0.1, 0.15) is 13.8 Å². The topological polar surface area (TPSA) is 61.0 Å². The summed E-state index contributed by atoms with van der Waals surface area (Å²) in [5, 5.41) is 0. The molecular weight excluding hydrogens is 142 g/mol. The lowest BCUT2D eigenvalue weighted by Crippen LogP contribution is -2.07. The molecule has 0 saturated heterocycles. The van der Waals surface area contributed by atoms with E-state index in [9.17, 15) is 0 Å². The van der Waals surface area contributed by atoms with Crippen molar-refractivity contribution in [3.05, 3.63) is 12.4 Å². The van der Waals surface area contributed by atoms with Gasteiger partial charge in [0.05, 0.1) is 18.5 Å². The van der Waals surface area contributed by atoms with Crippen molar-refractivity contribution in [1.82, 2.24) is 9.97 Å². The first-order valence-corrected chi connectivity index (χ1v) is 3.42. The molecule has 1 aromatic rings. The van der Waals surface area contributed by atoms with Crippen molar-refractivity contribution in [2.45, 2.75) is 20.0 Å². The lowest BCUT2D eigenvalue weighted by atomic mass is 10.5. The van der Waals surface area contributed by atoms with Gasteiger partial charge in [0.15, 0.2) is 0 Å². The largest absolute Gasteiger partial charge is 0.474 e. The van der Waals surface area contributed by atoms with Crippen molar-refractivity contribution in [3.8, 4) is 5.88 Å². The smallest absolute Gasteiger partial charge is 0.234 e. The Morgan fingerprint density at radius 3 is 2.73 bits per heavy atom. The van der Waals surface area contributed by atoms with E-state index in [0.717, 1.165) is 0 Å². The van der Waals surface area contributed by atoms with E-state index in [4.69, 9.17) is 10.5 Å². The minimum Gasteiger partial charge on any atom is -0.474 e. The highest BCUT2D eigenvalue weighted by atomic mass is 16.5. The van der Waals surface area contributed by atoms with Crippen molar-refractivity contribution in [3.63, 3.8) is 0 Å². The second-order valence-electron chi connectivity index (χ2n) is 2.45. The monoisotopic (exact) mass is 153 g/mol. The second kappa shape index (κ2) is 3.18. The summed E-state index contributed by atoms with van der Waals surface area (Å²) < 4.78 is 5.24. The maximum absolute atomic E-state index is 5.38. The zero-order chi connectivity index (χ0) is 8.27. The van der Waals surface area contributed by atoms with Gasteiger partial charge in [-0.25, -0.2) is 0 Å². The molecule has 0 saturated carbocycles. The van der Waals surface area contributed by atoms with Gasteiger partial charge in [0, 0.05) is 0 Å². The molecule has 0 aliphatic heterocycles. The predicted octanol–water partition coefficient (Wildman–Crippen LogP) is 0.846. The Hall–Kier alpha value is -1.32. The average Bonchev–Trinajstić information content (AvgIpc) is 1.85. The van der Waals surface area contributed by atoms with Crippen molar-refractivity contribution in [1.29, 1.82) is 0 Å². The van der Waals surface area contributed by atoms with Gasteiger partial charge in [0.2, 0.25) is 5.88 Å². The normalized spacial score (nSPS) is 10.1. The fourth-order valence-electron chi connectivity index (χ4n) is 0.661. The quantitative estimate of drug-likeness (QED) is 0.684. The molecule has 4 nitrogen and oxygen atoms in total. The van der Waals surface area contributed by atoms with Crippen molar-refractivity contribution in [2.75, 3.05) is 5.73 Å². The molecule has 1 aromatic heterocycles. The molecule has 0 amide bonds. The Balaban J connectivity index is 2.71. The molecule has 0 atom stereocenters. The molecule has 0 fully saturated rings. The van der Waals surface area contributed by atoms with E-state index in [-0.39, 0.29) is 6.10 Å². The van der Waals surface area contributed by atoms with Crippen LogP contribution in [0.2, 0.25) is 0 Å². The van der Waals surface area contributed by atoms with Crippen molar-refractivity contribution < 1.29 is 4.74 Å². The standard InChI is InChI=1S/C7H11N3O/c1-5(2)11-7-4-9-3-6(8)10-7/h3-5H,1-2H3,(H2,8,10). The molecule has 1 heterocycles. The lowest BCUT2D eigenvalue weighted by Gasteiger charge is -2.07. The highest BCUT2D eigenvalue weighted by molar-refractivity contribution is 5.25. The van der Waals surface area contributed by atoms with Crippen LogP contribution >= 0.6 is 0 Å². The van der Waals surface area contributed by atoms with Gasteiger partial charge in [-0.15, -0.1) is 0 Å². The maximum atomic E-state index is 5.38. The number of anilines is 1. The van der Waals surface area contributed by atoms with Gasteiger partial charge in [0.25, 0.3) is 0 Å². The summed E-state index contributed by atoms with van der Waals surface area (Å²) in [6.45, 7) is 3.84. The lowest BCUT2D eigenvalue weighted by molar-refractivity contribution is 0.232. The molecule has 0 aliphatic carbocycles. The minimum absolute atomic E-state index is 0.103. The molecule has 1 rings (SSSR count). The molecule has 0 aromatic carbocycles. The summed E-state index contributed by atoms with van der Waals surface area (Å²) in [7, 11) is 0. The van der Waals surface area contributed by atoms with Gasteiger partial charge in [0.1, 0.15) is 5.82 Å². The summed E-state index contributed by atoms with van der Waals surface area (Å²) in [6, 6.07) is 0. The van der Waals surface area contributed by atoms with Gasteiger partial charge >= 0.3 is 0 Å². The summed E-state index contributed by atoms with van der Waals surface area (Å²) in [6.07, 6.45) is 3.12. The maximum Gasteiger partial charge on any atom is 0.234 e. The van der Waals surface area contributed by atoms with E-state index in [1.165, 1.54) is 12.4 Å². The van der Waals surface area contributed by atoms with E-state index < -0.39 is 0 Å². The predicted molar refractivity (Wildman–Crippen MR) is 42.2 cm³/mol. The first-order valence-electron chi connectivity index (χ1n) is 3.42. The second-order valence-corrected chi connectivity index (χ2v) is 2.45. The van der Waals surface area contributed by atoms with Gasteiger partial charge in [-0.3, -0.25) is 4.98 Å². The zero-order valence-electron chi connectivity index (χ0n) is 6.61. The van der Waals surface area contributed by atoms with Crippen LogP contribution in [0, 0.1) is 0 Å². The SMILES string of the molecule is CC(C)Oc1cncc(N)n1. The molecule has 11 heavy (non-hydrogen) atoms. The number of hydrogen-bond acceptors (Lipinski definition) is 4. The Kier molecular flexibility index (Phi) is 2.25. The van der Waals surface area contributed by atoms with E-state index in [1.54, 1.807) is 0 Å². The van der Waals surface area contributed by atoms with Crippen LogP contribution in [-0.4, -0.2) is 16.1 Å². The number of nitrogens with zero attached hydrogens (tertiary/aromatic N) is 2. The number of hydrogen-bond donors (Lipinski definition) is 1. The van der Waals surface area contributed by atoms with Crippen LogP contribution in [0.25, 0.3) is 0 Å². The number of nitrogens with two attached hydrogens (primary N) is 1. The van der Waals surface area contributed by atoms with Crippen molar-refractivity contribution >= 4 is 5.82 Å². The Labute approximate surface area is 65.4 Å². The molecule has 0 radical (unpaired) electrons. The number of aromatic nitrogens is 2. The number of nitrogen functional groups attached to an aromatic ring is 1. The Morgan fingerprint density at radius 2 is 2.18 bits per heavy atom. The van der Waals surface area contributed by atoms with Gasteiger partial charge in [-0.2, -0.15) is 4.98 Å². The highest BCUT2D eigenvalue weighted by Crippen LogP contribution is 2.07. The molecule has 60 valence electrons. The third kappa shape index (κ3) is 2.41. The molecule has 2 N–H and O–H groups in total. The molecular formula is C7H11N3O. The van der Waals surface area contributed by atoms with Crippen LogP contribution in [0.5, 0.6) is 5.88 Å². The summed E-state index contributed by atoms with van der Waals surface area (Å²) >= 11 is 0.